The monoisotopic (exact) mass is 409 g/mol. The van der Waals surface area contributed by atoms with Crippen LogP contribution in [0.5, 0.6) is 0 Å². The first-order valence-electron chi connectivity index (χ1n) is 12.4. The molecular formula is C25H47NO3. The van der Waals surface area contributed by atoms with E-state index in [2.05, 4.69) is 19.2 Å². The zero-order valence-electron chi connectivity index (χ0n) is 19.2. The third-order valence-corrected chi connectivity index (χ3v) is 6.10. The molecule has 1 aliphatic carbocycles. The van der Waals surface area contributed by atoms with Crippen molar-refractivity contribution in [2.24, 2.45) is 0 Å². The highest BCUT2D eigenvalue weighted by molar-refractivity contribution is 5.76. The van der Waals surface area contributed by atoms with Crippen molar-refractivity contribution in [2.75, 3.05) is 6.61 Å². The molecule has 29 heavy (non-hydrogen) atoms. The number of rotatable bonds is 20. The van der Waals surface area contributed by atoms with Crippen LogP contribution in [0.1, 0.15) is 123 Å². The molecule has 1 rings (SSSR count). The van der Waals surface area contributed by atoms with Crippen LogP contribution >= 0.6 is 0 Å². The van der Waals surface area contributed by atoms with Gasteiger partial charge in [-0.2, -0.15) is 0 Å². The van der Waals surface area contributed by atoms with Crippen LogP contribution < -0.4 is 5.32 Å². The van der Waals surface area contributed by atoms with E-state index in [4.69, 9.17) is 0 Å². The van der Waals surface area contributed by atoms with Gasteiger partial charge < -0.3 is 15.5 Å². The van der Waals surface area contributed by atoms with E-state index >= 15 is 0 Å². The van der Waals surface area contributed by atoms with Crippen molar-refractivity contribution in [3.05, 3.63) is 11.1 Å². The summed E-state index contributed by atoms with van der Waals surface area (Å²) < 4.78 is 0. The minimum Gasteiger partial charge on any atom is -0.394 e. The number of hydrogen-bond acceptors (Lipinski definition) is 3. The van der Waals surface area contributed by atoms with Gasteiger partial charge in [-0.3, -0.25) is 4.79 Å². The number of allylic oxidation sites excluding steroid dienone is 1. The van der Waals surface area contributed by atoms with E-state index < -0.39 is 12.1 Å². The Kier molecular flexibility index (Phi) is 15.2. The Hall–Kier alpha value is -0.870. The van der Waals surface area contributed by atoms with Crippen LogP contribution in [0.4, 0.5) is 0 Å². The summed E-state index contributed by atoms with van der Waals surface area (Å²) in [6.07, 6.45) is 19.4. The third-order valence-electron chi connectivity index (χ3n) is 6.10. The van der Waals surface area contributed by atoms with Crippen molar-refractivity contribution in [3.8, 4) is 0 Å². The first kappa shape index (κ1) is 26.2. The fraction of sp³-hybridized carbons (Fsp3) is 0.880. The highest BCUT2D eigenvalue weighted by atomic mass is 16.3. The van der Waals surface area contributed by atoms with Gasteiger partial charge in [0.1, 0.15) is 0 Å². The maximum Gasteiger partial charge on any atom is 0.220 e. The molecule has 170 valence electrons. The van der Waals surface area contributed by atoms with Crippen LogP contribution in [-0.4, -0.2) is 34.9 Å². The Labute approximate surface area is 179 Å². The van der Waals surface area contributed by atoms with Gasteiger partial charge in [0.2, 0.25) is 5.91 Å². The molecule has 0 bridgehead atoms. The first-order valence-corrected chi connectivity index (χ1v) is 12.4. The number of amides is 1. The van der Waals surface area contributed by atoms with Crippen LogP contribution in [0, 0.1) is 0 Å². The van der Waals surface area contributed by atoms with Crippen LogP contribution in [0.25, 0.3) is 0 Å². The van der Waals surface area contributed by atoms with Gasteiger partial charge in [-0.15, -0.1) is 0 Å². The van der Waals surface area contributed by atoms with E-state index in [1.165, 1.54) is 76.2 Å². The largest absolute Gasteiger partial charge is 0.394 e. The highest BCUT2D eigenvalue weighted by Gasteiger charge is 2.33. The normalized spacial score (nSPS) is 15.4. The number of carbonyl (C=O) groups is 1. The Morgan fingerprint density at radius 1 is 0.862 bits per heavy atom. The lowest BCUT2D eigenvalue weighted by atomic mass is 10.0. The van der Waals surface area contributed by atoms with Gasteiger partial charge in [0, 0.05) is 6.42 Å². The summed E-state index contributed by atoms with van der Waals surface area (Å²) in [5, 5.41) is 22.8. The highest BCUT2D eigenvalue weighted by Crippen LogP contribution is 2.38. The van der Waals surface area contributed by atoms with E-state index in [0.29, 0.717) is 6.42 Å². The number of unbranched alkanes of at least 4 members (excludes halogenated alkanes) is 12. The van der Waals surface area contributed by atoms with Crippen LogP contribution in [0.15, 0.2) is 11.1 Å². The molecule has 0 aromatic heterocycles. The molecule has 3 N–H and O–H groups in total. The summed E-state index contributed by atoms with van der Waals surface area (Å²) >= 11 is 0. The van der Waals surface area contributed by atoms with Gasteiger partial charge in [-0.05, 0) is 31.3 Å². The average molecular weight is 410 g/mol. The lowest BCUT2D eigenvalue weighted by molar-refractivity contribution is -0.123. The molecule has 0 aliphatic heterocycles. The quantitative estimate of drug-likeness (QED) is 0.176. The number of nitrogens with one attached hydrogen (secondary N) is 1. The maximum atomic E-state index is 12.0. The Morgan fingerprint density at radius 3 is 1.93 bits per heavy atom. The molecule has 0 radical (unpaired) electrons. The zero-order valence-corrected chi connectivity index (χ0v) is 19.2. The van der Waals surface area contributed by atoms with E-state index in [9.17, 15) is 15.0 Å². The van der Waals surface area contributed by atoms with Gasteiger partial charge in [0.25, 0.3) is 0 Å². The molecule has 0 unspecified atom stereocenters. The summed E-state index contributed by atoms with van der Waals surface area (Å²) in [6, 6.07) is -0.561. The van der Waals surface area contributed by atoms with E-state index in [1.807, 2.05) is 0 Å². The lowest BCUT2D eigenvalue weighted by Crippen LogP contribution is -2.45. The molecule has 4 heteroatoms. The standard InChI is InChI=1S/C25H47NO3/c1-3-5-7-8-9-10-11-12-13-14-16-17-21-19-22(21)25(29)23(20-27)26-24(28)18-15-6-4-2/h23,25,27,29H,3-20H2,1-2H3,(H,26,28)/t23-,25+/m0/s1. The minimum atomic E-state index is -0.724. The van der Waals surface area contributed by atoms with Crippen LogP contribution in [-0.2, 0) is 4.79 Å². The van der Waals surface area contributed by atoms with Gasteiger partial charge >= 0.3 is 0 Å². The van der Waals surface area contributed by atoms with Gasteiger partial charge in [-0.25, -0.2) is 0 Å². The van der Waals surface area contributed by atoms with Crippen molar-refractivity contribution >= 4 is 5.91 Å². The molecule has 1 amide bonds. The molecule has 0 spiro atoms. The zero-order chi connectivity index (χ0) is 21.3. The molecule has 0 saturated heterocycles. The fourth-order valence-corrected chi connectivity index (χ4v) is 4.03. The Bertz CT molecular complexity index is 461. The minimum absolute atomic E-state index is 0.0651. The summed E-state index contributed by atoms with van der Waals surface area (Å²) in [7, 11) is 0. The van der Waals surface area contributed by atoms with Gasteiger partial charge in [-0.1, -0.05) is 96.5 Å². The van der Waals surface area contributed by atoms with Crippen molar-refractivity contribution in [2.45, 2.75) is 135 Å². The lowest BCUT2D eigenvalue weighted by Gasteiger charge is -2.20. The van der Waals surface area contributed by atoms with Crippen molar-refractivity contribution in [3.63, 3.8) is 0 Å². The van der Waals surface area contributed by atoms with Crippen LogP contribution in [0.2, 0.25) is 0 Å². The third kappa shape index (κ3) is 12.4. The summed E-state index contributed by atoms with van der Waals surface area (Å²) in [4.78, 5) is 12.0. The summed E-state index contributed by atoms with van der Waals surface area (Å²) in [5.41, 5.74) is 2.39. The average Bonchev–Trinajstić information content (AvgIpc) is 3.49. The number of carbonyl (C=O) groups excluding carboxylic acids is 1. The predicted molar refractivity (Wildman–Crippen MR) is 122 cm³/mol. The van der Waals surface area contributed by atoms with Crippen molar-refractivity contribution < 1.29 is 15.0 Å². The second-order valence-corrected chi connectivity index (χ2v) is 8.85. The molecule has 0 aromatic carbocycles. The summed E-state index contributed by atoms with van der Waals surface area (Å²) in [5.74, 6) is -0.0651. The second kappa shape index (κ2) is 16.9. The second-order valence-electron chi connectivity index (χ2n) is 8.85. The van der Waals surface area contributed by atoms with Gasteiger partial charge in [0.05, 0.1) is 18.8 Å². The summed E-state index contributed by atoms with van der Waals surface area (Å²) in [6.45, 7) is 4.16. The number of aliphatic hydroxyl groups excluding tert-OH is 2. The first-order chi connectivity index (χ1) is 14.1. The molecule has 1 aliphatic rings. The molecule has 0 saturated carbocycles. The SMILES string of the molecule is CCCCCCCCCCCCCC1=C([C@@H](O)[C@H](CO)NC(=O)CCCCC)C1. The van der Waals surface area contributed by atoms with Crippen molar-refractivity contribution in [1.29, 1.82) is 0 Å². The van der Waals surface area contributed by atoms with Crippen LogP contribution in [0.3, 0.4) is 0 Å². The molecule has 2 atom stereocenters. The molecular weight excluding hydrogens is 362 g/mol. The molecule has 0 aromatic rings. The Morgan fingerprint density at radius 2 is 1.38 bits per heavy atom. The smallest absolute Gasteiger partial charge is 0.220 e. The topological polar surface area (TPSA) is 69.6 Å². The predicted octanol–water partition coefficient (Wildman–Crippen LogP) is 5.81. The van der Waals surface area contributed by atoms with E-state index in [1.54, 1.807) is 0 Å². The molecule has 0 fully saturated rings. The van der Waals surface area contributed by atoms with Crippen molar-refractivity contribution in [1.82, 2.24) is 5.32 Å². The Balaban J connectivity index is 2.09. The maximum absolute atomic E-state index is 12.0. The fourth-order valence-electron chi connectivity index (χ4n) is 4.03. The number of aliphatic hydroxyl groups is 2. The van der Waals surface area contributed by atoms with E-state index in [0.717, 1.165) is 37.7 Å². The molecule has 0 heterocycles. The van der Waals surface area contributed by atoms with Gasteiger partial charge in [0.15, 0.2) is 0 Å². The molecule has 4 nitrogen and oxygen atoms in total. The van der Waals surface area contributed by atoms with E-state index in [-0.39, 0.29) is 12.5 Å². The number of hydrogen-bond donors (Lipinski definition) is 3.